The second-order valence-electron chi connectivity index (χ2n) is 8.46. The number of hydrogen-bond acceptors (Lipinski definition) is 7. The van der Waals surface area contributed by atoms with Gasteiger partial charge in [0.1, 0.15) is 18.0 Å². The number of aliphatic hydroxyl groups is 1. The summed E-state index contributed by atoms with van der Waals surface area (Å²) in [6, 6.07) is 2.21. The van der Waals surface area contributed by atoms with E-state index < -0.39 is 0 Å². The largest absolute Gasteiger partial charge is 0.394 e. The zero-order chi connectivity index (χ0) is 20.1. The molecule has 8 heteroatoms. The van der Waals surface area contributed by atoms with Gasteiger partial charge in [0, 0.05) is 51.9 Å². The lowest BCUT2D eigenvalue weighted by atomic mass is 10.0. The molecule has 0 aromatic carbocycles. The number of nitrogens with zero attached hydrogens (tertiary/aromatic N) is 6. The molecule has 1 aromatic rings. The predicted octanol–water partition coefficient (Wildman–Crippen LogP) is 0.962. The number of carbonyl (C=O) groups is 1. The molecule has 3 aliphatic rings. The van der Waals surface area contributed by atoms with Gasteiger partial charge in [-0.15, -0.1) is 0 Å². The number of carbonyl (C=O) groups excluding carboxylic acids is 1. The van der Waals surface area contributed by atoms with Crippen LogP contribution in [0, 0.1) is 0 Å². The van der Waals surface area contributed by atoms with Crippen LogP contribution in [0.3, 0.4) is 0 Å². The quantitative estimate of drug-likeness (QED) is 0.786. The van der Waals surface area contributed by atoms with Crippen LogP contribution < -0.4 is 9.80 Å². The van der Waals surface area contributed by atoms with Crippen molar-refractivity contribution < 1.29 is 9.90 Å². The Labute approximate surface area is 173 Å². The van der Waals surface area contributed by atoms with E-state index in [4.69, 9.17) is 0 Å². The van der Waals surface area contributed by atoms with E-state index in [0.29, 0.717) is 6.54 Å². The number of anilines is 2. The topological polar surface area (TPSA) is 76.0 Å². The van der Waals surface area contributed by atoms with Gasteiger partial charge in [-0.3, -0.25) is 9.69 Å². The lowest BCUT2D eigenvalue weighted by Crippen LogP contribution is -2.51. The fourth-order valence-electron chi connectivity index (χ4n) is 4.73. The molecule has 0 radical (unpaired) electrons. The summed E-state index contributed by atoms with van der Waals surface area (Å²) in [5.74, 6) is 2.14. The average Bonchev–Trinajstić information content (AvgIpc) is 2.80. The molecular formula is C21H34N6O2. The minimum absolute atomic E-state index is 0.157. The van der Waals surface area contributed by atoms with Gasteiger partial charge in [-0.05, 0) is 38.5 Å². The molecule has 3 saturated heterocycles. The molecule has 1 N–H and O–H groups in total. The molecule has 0 unspecified atom stereocenters. The standard InChI is InChI=1S/C21H34N6O2/c28-16-18-6-2-5-9-27(18)20-14-19(22-17-23-20)25-12-10-24(11-13-25)15-21(29)26-7-3-1-4-8-26/h14,17-18,28H,1-13,15-16H2/t18-/m1/s1. The molecule has 3 fully saturated rings. The minimum atomic E-state index is 0.157. The van der Waals surface area contributed by atoms with Crippen molar-refractivity contribution in [1.29, 1.82) is 0 Å². The molecule has 8 nitrogen and oxygen atoms in total. The second-order valence-corrected chi connectivity index (χ2v) is 8.46. The first-order valence-corrected chi connectivity index (χ1v) is 11.2. The molecule has 160 valence electrons. The van der Waals surface area contributed by atoms with E-state index in [1.165, 1.54) is 6.42 Å². The van der Waals surface area contributed by atoms with Crippen LogP contribution in [0.1, 0.15) is 38.5 Å². The summed E-state index contributed by atoms with van der Waals surface area (Å²) in [6.07, 6.45) is 8.49. The number of rotatable bonds is 5. The first kappa shape index (κ1) is 20.3. The van der Waals surface area contributed by atoms with Crippen molar-refractivity contribution in [3.8, 4) is 0 Å². The van der Waals surface area contributed by atoms with Crippen molar-refractivity contribution >= 4 is 17.5 Å². The van der Waals surface area contributed by atoms with Gasteiger partial charge < -0.3 is 19.8 Å². The maximum Gasteiger partial charge on any atom is 0.236 e. The summed E-state index contributed by atoms with van der Waals surface area (Å²) in [6.45, 7) is 6.98. The highest BCUT2D eigenvalue weighted by Gasteiger charge is 2.26. The van der Waals surface area contributed by atoms with Gasteiger partial charge in [0.15, 0.2) is 0 Å². The first-order chi connectivity index (χ1) is 14.2. The Balaban J connectivity index is 1.32. The van der Waals surface area contributed by atoms with Crippen molar-refractivity contribution in [2.75, 3.05) is 68.8 Å². The number of amides is 1. The zero-order valence-corrected chi connectivity index (χ0v) is 17.4. The van der Waals surface area contributed by atoms with Crippen molar-refractivity contribution in [2.24, 2.45) is 0 Å². The van der Waals surface area contributed by atoms with Crippen LogP contribution in [0.5, 0.6) is 0 Å². The molecule has 0 spiro atoms. The Kier molecular flexibility index (Phi) is 6.82. The lowest BCUT2D eigenvalue weighted by Gasteiger charge is -2.38. The molecule has 1 amide bonds. The summed E-state index contributed by atoms with van der Waals surface area (Å²) < 4.78 is 0. The molecule has 0 bridgehead atoms. The average molecular weight is 403 g/mol. The SMILES string of the molecule is O=C(CN1CCN(c2cc(N3CCCC[C@@H]3CO)ncn2)CC1)N1CCCCC1. The zero-order valence-electron chi connectivity index (χ0n) is 17.4. The van der Waals surface area contributed by atoms with Crippen LogP contribution in [0.15, 0.2) is 12.4 Å². The number of piperidine rings is 2. The normalized spacial score (nSPS) is 24.0. The maximum atomic E-state index is 12.5. The number of aliphatic hydroxyl groups excluding tert-OH is 1. The van der Waals surface area contributed by atoms with Crippen LogP contribution in [-0.4, -0.2) is 95.8 Å². The maximum absolute atomic E-state index is 12.5. The van der Waals surface area contributed by atoms with E-state index >= 15 is 0 Å². The fraction of sp³-hybridized carbons (Fsp3) is 0.762. The molecule has 3 aliphatic heterocycles. The summed E-state index contributed by atoms with van der Waals surface area (Å²) in [4.78, 5) is 30.3. The molecule has 1 atom stereocenters. The highest BCUT2D eigenvalue weighted by Crippen LogP contribution is 2.25. The van der Waals surface area contributed by atoms with Crippen LogP contribution >= 0.6 is 0 Å². The van der Waals surface area contributed by atoms with Gasteiger partial charge in [-0.25, -0.2) is 9.97 Å². The van der Waals surface area contributed by atoms with Gasteiger partial charge in [0.05, 0.1) is 19.2 Å². The van der Waals surface area contributed by atoms with Crippen LogP contribution in [0.25, 0.3) is 0 Å². The van der Waals surface area contributed by atoms with Crippen LogP contribution in [0.2, 0.25) is 0 Å². The smallest absolute Gasteiger partial charge is 0.236 e. The van der Waals surface area contributed by atoms with Crippen LogP contribution in [0.4, 0.5) is 11.6 Å². The third kappa shape index (κ3) is 4.98. The number of piperazine rings is 1. The molecule has 4 rings (SSSR count). The molecule has 0 aliphatic carbocycles. The predicted molar refractivity (Wildman–Crippen MR) is 113 cm³/mol. The minimum Gasteiger partial charge on any atom is -0.394 e. The highest BCUT2D eigenvalue weighted by atomic mass is 16.3. The third-order valence-electron chi connectivity index (χ3n) is 6.53. The first-order valence-electron chi connectivity index (χ1n) is 11.2. The van der Waals surface area contributed by atoms with Crippen molar-refractivity contribution in [3.05, 3.63) is 12.4 Å². The molecule has 0 saturated carbocycles. The number of likely N-dealkylation sites (tertiary alicyclic amines) is 1. The van der Waals surface area contributed by atoms with E-state index in [9.17, 15) is 9.90 Å². The second kappa shape index (κ2) is 9.71. The summed E-state index contributed by atoms with van der Waals surface area (Å²) >= 11 is 0. The molecule has 29 heavy (non-hydrogen) atoms. The van der Waals surface area contributed by atoms with E-state index in [1.54, 1.807) is 6.33 Å². The van der Waals surface area contributed by atoms with Gasteiger partial charge in [-0.1, -0.05) is 0 Å². The van der Waals surface area contributed by atoms with E-state index in [0.717, 1.165) is 89.6 Å². The summed E-state index contributed by atoms with van der Waals surface area (Å²) in [5, 5.41) is 9.70. The van der Waals surface area contributed by atoms with E-state index in [1.807, 2.05) is 4.90 Å². The Bertz CT molecular complexity index is 673. The molecular weight excluding hydrogens is 368 g/mol. The van der Waals surface area contributed by atoms with Crippen LogP contribution in [-0.2, 0) is 4.79 Å². The lowest BCUT2D eigenvalue weighted by molar-refractivity contribution is -0.133. The Hall–Kier alpha value is -1.93. The summed E-state index contributed by atoms with van der Waals surface area (Å²) in [7, 11) is 0. The Morgan fingerprint density at radius 3 is 2.41 bits per heavy atom. The highest BCUT2D eigenvalue weighted by molar-refractivity contribution is 5.78. The molecule has 1 aromatic heterocycles. The van der Waals surface area contributed by atoms with Gasteiger partial charge in [0.25, 0.3) is 0 Å². The number of hydrogen-bond donors (Lipinski definition) is 1. The fourth-order valence-corrected chi connectivity index (χ4v) is 4.73. The number of aromatic nitrogens is 2. The van der Waals surface area contributed by atoms with Crippen molar-refractivity contribution in [1.82, 2.24) is 19.8 Å². The van der Waals surface area contributed by atoms with E-state index in [-0.39, 0.29) is 18.6 Å². The Morgan fingerprint density at radius 1 is 0.931 bits per heavy atom. The third-order valence-corrected chi connectivity index (χ3v) is 6.53. The van der Waals surface area contributed by atoms with Crippen molar-refractivity contribution in [3.63, 3.8) is 0 Å². The monoisotopic (exact) mass is 402 g/mol. The van der Waals surface area contributed by atoms with E-state index in [2.05, 4.69) is 30.7 Å². The Morgan fingerprint density at radius 2 is 1.66 bits per heavy atom. The van der Waals surface area contributed by atoms with Gasteiger partial charge in [-0.2, -0.15) is 0 Å². The van der Waals surface area contributed by atoms with Crippen molar-refractivity contribution in [2.45, 2.75) is 44.6 Å². The molecule has 4 heterocycles. The summed E-state index contributed by atoms with van der Waals surface area (Å²) in [5.41, 5.74) is 0. The van der Waals surface area contributed by atoms with Gasteiger partial charge in [0.2, 0.25) is 5.91 Å². The van der Waals surface area contributed by atoms with Gasteiger partial charge >= 0.3 is 0 Å².